The molecule has 130 valence electrons. The largest absolute Gasteiger partial charge is 0.455 e. The van der Waals surface area contributed by atoms with Crippen molar-refractivity contribution < 1.29 is 29.0 Å². The average molecular weight is 343 g/mol. The first-order chi connectivity index (χ1) is 11.9. The molecule has 7 heteroatoms. The van der Waals surface area contributed by atoms with Crippen LogP contribution < -0.4 is 0 Å². The second-order valence-electron chi connectivity index (χ2n) is 6.60. The third-order valence-corrected chi connectivity index (χ3v) is 5.19. The van der Waals surface area contributed by atoms with Crippen molar-refractivity contribution in [3.05, 3.63) is 48.0 Å². The number of cyclic esters (lactones) is 1. The van der Waals surface area contributed by atoms with Crippen molar-refractivity contribution in [2.45, 2.75) is 24.7 Å². The monoisotopic (exact) mass is 343 g/mol. The van der Waals surface area contributed by atoms with Gasteiger partial charge in [-0.1, -0.05) is 37.3 Å². The van der Waals surface area contributed by atoms with Crippen molar-refractivity contribution in [2.75, 3.05) is 6.61 Å². The Morgan fingerprint density at radius 3 is 2.68 bits per heavy atom. The number of hydrogen-bond acceptors (Lipinski definition) is 6. The van der Waals surface area contributed by atoms with Crippen molar-refractivity contribution >= 4 is 18.0 Å². The van der Waals surface area contributed by atoms with Gasteiger partial charge in [-0.3, -0.25) is 4.79 Å². The summed E-state index contributed by atoms with van der Waals surface area (Å²) >= 11 is 0. The van der Waals surface area contributed by atoms with E-state index >= 15 is 0 Å². The zero-order chi connectivity index (χ0) is 17.8. The maximum atomic E-state index is 13.2. The number of fused-ring (bicyclic) bond motifs is 2. The number of esters is 1. The molecule has 0 unspecified atom stereocenters. The molecule has 2 fully saturated rings. The van der Waals surface area contributed by atoms with Crippen LogP contribution in [-0.2, 0) is 19.1 Å². The van der Waals surface area contributed by atoms with E-state index in [4.69, 9.17) is 9.47 Å². The van der Waals surface area contributed by atoms with Gasteiger partial charge >= 0.3 is 12.1 Å². The molecule has 4 aliphatic rings. The van der Waals surface area contributed by atoms with Crippen molar-refractivity contribution in [1.29, 1.82) is 0 Å². The fourth-order valence-electron chi connectivity index (χ4n) is 3.82. The van der Waals surface area contributed by atoms with E-state index in [1.807, 2.05) is 6.07 Å². The van der Waals surface area contributed by atoms with Gasteiger partial charge in [-0.05, 0) is 17.7 Å². The number of carbonyl (C=O) groups is 3. The first-order valence-corrected chi connectivity index (χ1v) is 8.11. The molecule has 1 N–H and O–H groups in total. The number of nitrogens with zero attached hydrogens (tertiary/aromatic N) is 1. The highest BCUT2D eigenvalue weighted by atomic mass is 16.6. The maximum Gasteiger partial charge on any atom is 0.417 e. The van der Waals surface area contributed by atoms with Crippen LogP contribution in [-0.4, -0.2) is 46.3 Å². The molecule has 1 aromatic carbocycles. The van der Waals surface area contributed by atoms with E-state index < -0.39 is 47.6 Å². The molecule has 1 aliphatic carbocycles. The van der Waals surface area contributed by atoms with Crippen LogP contribution in [0.2, 0.25) is 0 Å². The van der Waals surface area contributed by atoms with Gasteiger partial charge in [0.1, 0.15) is 18.8 Å². The zero-order valence-electron chi connectivity index (χ0n) is 13.5. The van der Waals surface area contributed by atoms with Crippen LogP contribution in [0.5, 0.6) is 0 Å². The van der Waals surface area contributed by atoms with E-state index in [1.165, 1.54) is 6.08 Å². The van der Waals surface area contributed by atoms with E-state index in [0.29, 0.717) is 0 Å². The molecule has 3 aliphatic heterocycles. The SMILES string of the molecule is C[C@H]1[C@@H]2C=C[C@](O)(C(=O)O2)[C@@H]1C(=O)N1C(=O)OC[C@H]1c1ccccc1. The van der Waals surface area contributed by atoms with Gasteiger partial charge < -0.3 is 14.6 Å². The lowest BCUT2D eigenvalue weighted by molar-refractivity contribution is -0.197. The smallest absolute Gasteiger partial charge is 0.417 e. The molecule has 3 heterocycles. The fourth-order valence-corrected chi connectivity index (χ4v) is 3.82. The first-order valence-electron chi connectivity index (χ1n) is 8.11. The van der Waals surface area contributed by atoms with Gasteiger partial charge in [0.15, 0.2) is 5.60 Å². The van der Waals surface area contributed by atoms with Crippen LogP contribution in [0.15, 0.2) is 42.5 Å². The topological polar surface area (TPSA) is 93.1 Å². The molecule has 0 radical (unpaired) electrons. The summed E-state index contributed by atoms with van der Waals surface area (Å²) in [5.74, 6) is -3.04. The normalized spacial score (nSPS) is 36.3. The highest BCUT2D eigenvalue weighted by molar-refractivity contribution is 6.00. The Morgan fingerprint density at radius 2 is 2.00 bits per heavy atom. The number of hydrogen-bond donors (Lipinski definition) is 1. The first kappa shape index (κ1) is 15.8. The predicted molar refractivity (Wildman–Crippen MR) is 84.0 cm³/mol. The van der Waals surface area contributed by atoms with Gasteiger partial charge in [-0.25, -0.2) is 14.5 Å². The highest BCUT2D eigenvalue weighted by Crippen LogP contribution is 2.44. The Labute approximate surface area is 143 Å². The van der Waals surface area contributed by atoms with Crippen LogP contribution >= 0.6 is 0 Å². The van der Waals surface area contributed by atoms with E-state index in [9.17, 15) is 19.5 Å². The van der Waals surface area contributed by atoms with E-state index in [2.05, 4.69) is 0 Å². The predicted octanol–water partition coefficient (Wildman–Crippen LogP) is 1.19. The van der Waals surface area contributed by atoms with E-state index in [0.717, 1.165) is 10.5 Å². The lowest BCUT2D eigenvalue weighted by Gasteiger charge is -2.46. The Hall–Kier alpha value is -2.67. The molecular weight excluding hydrogens is 326 g/mol. The number of amides is 2. The number of ether oxygens (including phenoxy) is 2. The Balaban J connectivity index is 1.71. The Bertz CT molecular complexity index is 775. The number of rotatable bonds is 2. The molecule has 5 atom stereocenters. The molecule has 0 aromatic heterocycles. The zero-order valence-corrected chi connectivity index (χ0v) is 13.5. The van der Waals surface area contributed by atoms with Crippen LogP contribution in [0, 0.1) is 11.8 Å². The number of aliphatic hydroxyl groups is 1. The molecule has 5 rings (SSSR count). The van der Waals surface area contributed by atoms with E-state index in [1.54, 1.807) is 37.3 Å². The summed E-state index contributed by atoms with van der Waals surface area (Å²) < 4.78 is 10.2. The Kier molecular flexibility index (Phi) is 3.43. The Morgan fingerprint density at radius 1 is 1.28 bits per heavy atom. The minimum absolute atomic E-state index is 0.0395. The second-order valence-corrected chi connectivity index (χ2v) is 6.60. The second kappa shape index (κ2) is 5.42. The summed E-state index contributed by atoms with van der Waals surface area (Å²) in [7, 11) is 0. The summed E-state index contributed by atoms with van der Waals surface area (Å²) in [6.07, 6.45) is 1.51. The van der Waals surface area contributed by atoms with Gasteiger partial charge in [-0.15, -0.1) is 0 Å². The van der Waals surface area contributed by atoms with Crippen molar-refractivity contribution in [2.24, 2.45) is 11.8 Å². The minimum atomic E-state index is -2.06. The third-order valence-electron chi connectivity index (χ3n) is 5.19. The maximum absolute atomic E-state index is 13.2. The number of carbonyl (C=O) groups excluding carboxylic acids is 3. The van der Waals surface area contributed by atoms with Crippen LogP contribution in [0.4, 0.5) is 4.79 Å². The van der Waals surface area contributed by atoms with Crippen molar-refractivity contribution in [3.8, 4) is 0 Å². The van der Waals surface area contributed by atoms with Gasteiger partial charge in [0.05, 0.1) is 5.92 Å². The lowest BCUT2D eigenvalue weighted by atomic mass is 9.69. The quantitative estimate of drug-likeness (QED) is 0.640. The third kappa shape index (κ3) is 2.19. The van der Waals surface area contributed by atoms with Crippen molar-refractivity contribution in [3.63, 3.8) is 0 Å². The molecular formula is C18H17NO6. The molecule has 2 bridgehead atoms. The fraction of sp³-hybridized carbons (Fsp3) is 0.389. The van der Waals surface area contributed by atoms with Crippen LogP contribution in [0.1, 0.15) is 18.5 Å². The van der Waals surface area contributed by atoms with Gasteiger partial charge in [0.25, 0.3) is 0 Å². The molecule has 0 spiro atoms. The van der Waals surface area contributed by atoms with Gasteiger partial charge in [0.2, 0.25) is 5.91 Å². The number of benzene rings is 1. The molecule has 2 saturated heterocycles. The summed E-state index contributed by atoms with van der Waals surface area (Å²) in [5, 5.41) is 10.7. The summed E-state index contributed by atoms with van der Waals surface area (Å²) in [4.78, 5) is 38.5. The van der Waals surface area contributed by atoms with Gasteiger partial charge in [-0.2, -0.15) is 0 Å². The van der Waals surface area contributed by atoms with E-state index in [-0.39, 0.29) is 6.61 Å². The minimum Gasteiger partial charge on any atom is -0.455 e. The van der Waals surface area contributed by atoms with Crippen LogP contribution in [0.25, 0.3) is 0 Å². The summed E-state index contributed by atoms with van der Waals surface area (Å²) in [5.41, 5.74) is -1.31. The number of imide groups is 1. The molecule has 1 aromatic rings. The van der Waals surface area contributed by atoms with Crippen molar-refractivity contribution in [1.82, 2.24) is 4.90 Å². The lowest BCUT2D eigenvalue weighted by Crippen LogP contribution is -2.63. The molecule has 2 amide bonds. The molecule has 25 heavy (non-hydrogen) atoms. The standard InChI is InChI=1S/C18H17NO6/c1-10-13-7-8-18(23,16(21)25-13)14(10)15(20)19-12(9-24-17(19)22)11-5-3-2-4-6-11/h2-8,10,12-14,23H,9H2,1H3/t10-,12-,13-,14-,18+/m0/s1. The van der Waals surface area contributed by atoms with Crippen LogP contribution in [0.3, 0.4) is 0 Å². The highest BCUT2D eigenvalue weighted by Gasteiger charge is 2.61. The summed E-state index contributed by atoms with van der Waals surface area (Å²) in [6.45, 7) is 1.75. The molecule has 7 nitrogen and oxygen atoms in total. The molecule has 0 saturated carbocycles. The van der Waals surface area contributed by atoms with Gasteiger partial charge in [0, 0.05) is 5.92 Å². The summed E-state index contributed by atoms with van der Waals surface area (Å²) in [6, 6.07) is 8.45. The average Bonchev–Trinajstić information content (AvgIpc) is 2.99.